The van der Waals surface area contributed by atoms with E-state index in [2.05, 4.69) is 19.3 Å². The first-order valence-electron chi connectivity index (χ1n) is 8.41. The van der Waals surface area contributed by atoms with Gasteiger partial charge in [-0.05, 0) is 48.5 Å². The second kappa shape index (κ2) is 10.9. The predicted octanol–water partition coefficient (Wildman–Crippen LogP) is -2.49. The number of benzene rings is 2. The minimum atomic E-state index is -4.58. The zero-order valence-corrected chi connectivity index (χ0v) is 23.5. The van der Waals surface area contributed by atoms with Crippen LogP contribution in [-0.4, -0.2) is 22.9 Å². The molecular weight excluding hydrogens is 514 g/mol. The smallest absolute Gasteiger partial charge is 0.744 e. The fraction of sp³-hybridized carbons (Fsp3) is 0. The molecule has 10 nitrogen and oxygen atoms in total. The summed E-state index contributed by atoms with van der Waals surface area (Å²) in [5.41, 5.74) is 1.73. The summed E-state index contributed by atoms with van der Waals surface area (Å²) in [6.07, 6.45) is 0. The van der Waals surface area contributed by atoms with Crippen LogP contribution in [0.1, 0.15) is 0 Å². The van der Waals surface area contributed by atoms with Gasteiger partial charge >= 0.3 is 59.1 Å². The predicted molar refractivity (Wildman–Crippen MR) is 106 cm³/mol. The summed E-state index contributed by atoms with van der Waals surface area (Å²) in [4.78, 5) is 10.3. The standard InChI is InChI=1S/C18H10N2O8S3.2Na/c21-27-28-30-9-1-3-11-14(7-9)26-17(19-11)15-5-6-16(29-15)18-20-12-8-10(31(22,23)24)2-4-13(12)25-18;;/h1-8,21H,(H,22,23,24);;/q;2*+1/p-2. The summed E-state index contributed by atoms with van der Waals surface area (Å²) < 4.78 is 49.4. The van der Waals surface area contributed by atoms with Gasteiger partial charge in [-0.25, -0.2) is 18.4 Å². The van der Waals surface area contributed by atoms with Crippen LogP contribution in [0.5, 0.6) is 0 Å². The van der Waals surface area contributed by atoms with E-state index < -0.39 is 10.1 Å². The van der Waals surface area contributed by atoms with E-state index in [0.717, 1.165) is 12.0 Å². The normalized spacial score (nSPS) is 11.5. The van der Waals surface area contributed by atoms with Gasteiger partial charge in [0, 0.05) is 4.90 Å². The van der Waals surface area contributed by atoms with Gasteiger partial charge in [0.05, 0.1) is 26.7 Å². The molecule has 0 atom stereocenters. The van der Waals surface area contributed by atoms with Crippen molar-refractivity contribution in [2.45, 2.75) is 9.79 Å². The molecule has 0 amide bonds. The fourth-order valence-corrected chi connectivity index (χ4v) is 4.59. The Hall–Kier alpha value is -0.780. The molecule has 158 valence electrons. The Morgan fingerprint density at radius 1 is 0.879 bits per heavy atom. The van der Waals surface area contributed by atoms with Gasteiger partial charge in [-0.15, -0.1) is 11.3 Å². The molecule has 3 heterocycles. The van der Waals surface area contributed by atoms with Gasteiger partial charge in [0.25, 0.3) is 0 Å². The molecule has 0 saturated heterocycles. The van der Waals surface area contributed by atoms with Crippen LogP contribution in [0.2, 0.25) is 0 Å². The van der Waals surface area contributed by atoms with Crippen molar-refractivity contribution in [2.24, 2.45) is 0 Å². The average Bonchev–Trinajstić information content (AvgIpc) is 3.47. The average molecular weight is 522 g/mol. The molecule has 0 N–H and O–H groups in total. The molecule has 0 aliphatic carbocycles. The van der Waals surface area contributed by atoms with Gasteiger partial charge in [-0.1, -0.05) is 0 Å². The quantitative estimate of drug-likeness (QED) is 0.0766. The Kier molecular flexibility index (Phi) is 8.83. The molecule has 0 aliphatic heterocycles. The monoisotopic (exact) mass is 522 g/mol. The van der Waals surface area contributed by atoms with Crippen LogP contribution in [0.15, 0.2) is 67.2 Å². The Balaban J connectivity index is 0.00000153. The van der Waals surface area contributed by atoms with E-state index in [1.807, 2.05) is 0 Å². The molecule has 5 rings (SSSR count). The molecule has 0 spiro atoms. The summed E-state index contributed by atoms with van der Waals surface area (Å²) in [6, 6.07) is 12.4. The molecule has 0 unspecified atom stereocenters. The van der Waals surface area contributed by atoms with E-state index >= 15 is 0 Å². The maximum atomic E-state index is 11.2. The van der Waals surface area contributed by atoms with Crippen molar-refractivity contribution >= 4 is 55.7 Å². The minimum absolute atomic E-state index is 0. The van der Waals surface area contributed by atoms with Crippen molar-refractivity contribution in [1.82, 2.24) is 9.97 Å². The summed E-state index contributed by atoms with van der Waals surface area (Å²) in [5.74, 6) is 0.654. The van der Waals surface area contributed by atoms with Gasteiger partial charge in [-0.2, -0.15) is 4.33 Å². The maximum Gasteiger partial charge on any atom is 1.00 e. The second-order valence-electron chi connectivity index (χ2n) is 6.13. The molecular formula is C18H8N2Na2O8S3. The van der Waals surface area contributed by atoms with Crippen molar-refractivity contribution < 1.29 is 95.5 Å². The van der Waals surface area contributed by atoms with Crippen molar-refractivity contribution in [2.75, 3.05) is 0 Å². The number of aromatic nitrogens is 2. The number of fused-ring (bicyclic) bond motifs is 2. The molecule has 33 heavy (non-hydrogen) atoms. The zero-order valence-electron chi connectivity index (χ0n) is 17.0. The van der Waals surface area contributed by atoms with E-state index in [0.29, 0.717) is 37.2 Å². The van der Waals surface area contributed by atoms with E-state index in [1.54, 1.807) is 30.3 Å². The van der Waals surface area contributed by atoms with E-state index in [-0.39, 0.29) is 75.4 Å². The van der Waals surface area contributed by atoms with Crippen LogP contribution < -0.4 is 64.4 Å². The number of rotatable bonds is 6. The van der Waals surface area contributed by atoms with Crippen LogP contribution >= 0.6 is 23.4 Å². The number of thiophene rings is 1. The number of hydrogen-bond donors (Lipinski definition) is 0. The Morgan fingerprint density at radius 3 is 2.21 bits per heavy atom. The Bertz CT molecular complexity index is 1530. The molecule has 3 aromatic heterocycles. The van der Waals surface area contributed by atoms with Gasteiger partial charge in [0.2, 0.25) is 11.8 Å². The van der Waals surface area contributed by atoms with Crippen LogP contribution in [-0.2, 0) is 19.5 Å². The van der Waals surface area contributed by atoms with Gasteiger partial charge in [-0.3, -0.25) is 5.04 Å². The molecule has 15 heteroatoms. The number of hydrogen-bond acceptors (Lipinski definition) is 12. The van der Waals surface area contributed by atoms with Crippen LogP contribution in [0.4, 0.5) is 0 Å². The summed E-state index contributed by atoms with van der Waals surface area (Å²) in [7, 11) is -4.58. The van der Waals surface area contributed by atoms with Gasteiger partial charge < -0.3 is 18.6 Å². The third-order valence-electron chi connectivity index (χ3n) is 4.19. The molecule has 0 radical (unpaired) electrons. The Labute approximate surface area is 238 Å². The van der Waals surface area contributed by atoms with Crippen LogP contribution in [0.3, 0.4) is 0 Å². The van der Waals surface area contributed by atoms with E-state index in [9.17, 15) is 18.2 Å². The van der Waals surface area contributed by atoms with Crippen LogP contribution in [0.25, 0.3) is 43.7 Å². The first kappa shape index (κ1) is 26.8. The molecule has 5 aromatic rings. The summed E-state index contributed by atoms with van der Waals surface area (Å²) >= 11 is 2.06. The first-order chi connectivity index (χ1) is 14.9. The van der Waals surface area contributed by atoms with Crippen molar-refractivity contribution in [3.63, 3.8) is 0 Å². The maximum absolute atomic E-state index is 11.2. The minimum Gasteiger partial charge on any atom is -0.744 e. The molecule has 0 fully saturated rings. The zero-order chi connectivity index (χ0) is 21.6. The van der Waals surface area contributed by atoms with Gasteiger partial charge in [0.15, 0.2) is 11.2 Å². The number of nitrogens with zero attached hydrogens (tertiary/aromatic N) is 2. The fourth-order valence-electron chi connectivity index (χ4n) is 2.85. The van der Waals surface area contributed by atoms with E-state index in [1.165, 1.54) is 29.5 Å². The third-order valence-corrected chi connectivity index (χ3v) is 6.66. The third kappa shape index (κ3) is 5.73. The summed E-state index contributed by atoms with van der Waals surface area (Å²) in [6.45, 7) is 0. The molecule has 0 bridgehead atoms. The van der Waals surface area contributed by atoms with Crippen LogP contribution in [0, 0.1) is 0 Å². The Morgan fingerprint density at radius 2 is 1.55 bits per heavy atom. The molecule has 0 aliphatic rings. The molecule has 2 aromatic carbocycles. The van der Waals surface area contributed by atoms with E-state index in [4.69, 9.17) is 8.83 Å². The largest absolute Gasteiger partial charge is 1.00 e. The molecule has 0 saturated carbocycles. The van der Waals surface area contributed by atoms with Crippen molar-refractivity contribution in [1.29, 1.82) is 0 Å². The second-order valence-corrected chi connectivity index (χ2v) is 9.37. The first-order valence-corrected chi connectivity index (χ1v) is 11.4. The SMILES string of the molecule is O=S(=O)([O-])c1ccc2oc(-c3ccc(-c4nc5ccc(SOO[O-])cc5o4)s3)nc2c1.[Na+].[Na+]. The van der Waals surface area contributed by atoms with Gasteiger partial charge in [0.1, 0.15) is 21.2 Å². The van der Waals surface area contributed by atoms with Crippen molar-refractivity contribution in [3.05, 3.63) is 48.5 Å². The topological polar surface area (TPSA) is 151 Å². The summed E-state index contributed by atoms with van der Waals surface area (Å²) in [5, 5.41) is 13.3. The number of oxazole rings is 2. The van der Waals surface area contributed by atoms with Crippen molar-refractivity contribution in [3.8, 4) is 21.5 Å².